The van der Waals surface area contributed by atoms with Gasteiger partial charge in [0, 0.05) is 18.3 Å². The minimum Gasteiger partial charge on any atom is -0.370 e. The standard InChI is InChI=1S/C20H19F3N4/c1-14-25-18(24-11-10-15-6-3-2-4-7-15)13-19(26-14)27-17-9-5-8-16(12-17)20(21,22)23/h2-9,12-13H,10-11H2,1H3,(H2,24,25,26,27). The summed E-state index contributed by atoms with van der Waals surface area (Å²) in [4.78, 5) is 8.56. The number of hydrogen-bond donors (Lipinski definition) is 2. The molecule has 1 aromatic heterocycles. The Morgan fingerprint density at radius 2 is 1.63 bits per heavy atom. The molecule has 0 bridgehead atoms. The van der Waals surface area contributed by atoms with Gasteiger partial charge in [-0.05, 0) is 37.1 Å². The fourth-order valence-corrected chi connectivity index (χ4v) is 2.62. The van der Waals surface area contributed by atoms with Gasteiger partial charge in [0.15, 0.2) is 0 Å². The van der Waals surface area contributed by atoms with Crippen LogP contribution in [0.4, 0.5) is 30.5 Å². The summed E-state index contributed by atoms with van der Waals surface area (Å²) >= 11 is 0. The van der Waals surface area contributed by atoms with Crippen molar-refractivity contribution in [2.45, 2.75) is 19.5 Å². The van der Waals surface area contributed by atoms with Crippen LogP contribution in [-0.4, -0.2) is 16.5 Å². The molecule has 0 aliphatic carbocycles. The third-order valence-electron chi connectivity index (χ3n) is 3.86. The zero-order chi connectivity index (χ0) is 19.3. The number of benzene rings is 2. The fourth-order valence-electron chi connectivity index (χ4n) is 2.62. The Morgan fingerprint density at radius 3 is 2.37 bits per heavy atom. The molecule has 0 saturated carbocycles. The Hall–Kier alpha value is -3.09. The monoisotopic (exact) mass is 372 g/mol. The summed E-state index contributed by atoms with van der Waals surface area (Å²) in [6.07, 6.45) is -3.55. The SMILES string of the molecule is Cc1nc(NCCc2ccccc2)cc(Nc2cccc(C(F)(F)F)c2)n1. The average Bonchev–Trinajstić information content (AvgIpc) is 2.62. The number of nitrogens with zero attached hydrogens (tertiary/aromatic N) is 2. The van der Waals surface area contributed by atoms with Crippen LogP contribution < -0.4 is 10.6 Å². The molecule has 3 aromatic rings. The number of anilines is 3. The van der Waals surface area contributed by atoms with Gasteiger partial charge < -0.3 is 10.6 Å². The Kier molecular flexibility index (Phi) is 5.59. The van der Waals surface area contributed by atoms with Crippen molar-refractivity contribution in [2.24, 2.45) is 0 Å². The first-order valence-electron chi connectivity index (χ1n) is 8.48. The number of alkyl halides is 3. The molecular weight excluding hydrogens is 353 g/mol. The highest BCUT2D eigenvalue weighted by atomic mass is 19.4. The Morgan fingerprint density at radius 1 is 0.889 bits per heavy atom. The van der Waals surface area contributed by atoms with Gasteiger partial charge in [-0.25, -0.2) is 9.97 Å². The number of nitrogens with one attached hydrogen (secondary N) is 2. The van der Waals surface area contributed by atoms with E-state index >= 15 is 0 Å². The molecule has 1 heterocycles. The fraction of sp³-hybridized carbons (Fsp3) is 0.200. The molecule has 2 N–H and O–H groups in total. The van der Waals surface area contributed by atoms with E-state index in [1.165, 1.54) is 11.6 Å². The van der Waals surface area contributed by atoms with Crippen LogP contribution >= 0.6 is 0 Å². The Labute approximate surface area is 155 Å². The molecule has 0 radical (unpaired) electrons. The summed E-state index contributed by atoms with van der Waals surface area (Å²) in [6, 6.07) is 16.7. The summed E-state index contributed by atoms with van der Waals surface area (Å²) in [6.45, 7) is 2.42. The molecule has 27 heavy (non-hydrogen) atoms. The predicted molar refractivity (Wildman–Crippen MR) is 100 cm³/mol. The third-order valence-corrected chi connectivity index (χ3v) is 3.86. The van der Waals surface area contributed by atoms with E-state index in [9.17, 15) is 13.2 Å². The summed E-state index contributed by atoms with van der Waals surface area (Å²) < 4.78 is 38.6. The maximum absolute atomic E-state index is 12.9. The van der Waals surface area contributed by atoms with Crippen molar-refractivity contribution in [3.8, 4) is 0 Å². The summed E-state index contributed by atoms with van der Waals surface area (Å²) in [5, 5.41) is 6.14. The van der Waals surface area contributed by atoms with Crippen LogP contribution in [0.15, 0.2) is 60.7 Å². The van der Waals surface area contributed by atoms with Gasteiger partial charge in [-0.2, -0.15) is 13.2 Å². The highest BCUT2D eigenvalue weighted by molar-refractivity contribution is 5.60. The normalized spacial score (nSPS) is 11.3. The largest absolute Gasteiger partial charge is 0.416 e. The first-order chi connectivity index (χ1) is 12.9. The van der Waals surface area contributed by atoms with Crippen molar-refractivity contribution in [3.63, 3.8) is 0 Å². The van der Waals surface area contributed by atoms with E-state index in [2.05, 4.69) is 20.6 Å². The first kappa shape index (κ1) is 18.7. The zero-order valence-corrected chi connectivity index (χ0v) is 14.7. The lowest BCUT2D eigenvalue weighted by molar-refractivity contribution is -0.137. The maximum atomic E-state index is 12.9. The van der Waals surface area contributed by atoms with Crippen molar-refractivity contribution in [1.29, 1.82) is 0 Å². The molecule has 0 amide bonds. The van der Waals surface area contributed by atoms with Gasteiger partial charge in [0.1, 0.15) is 17.5 Å². The number of rotatable bonds is 6. The van der Waals surface area contributed by atoms with E-state index < -0.39 is 11.7 Å². The third kappa shape index (κ3) is 5.44. The average molecular weight is 372 g/mol. The van der Waals surface area contributed by atoms with Crippen LogP contribution in [0.2, 0.25) is 0 Å². The lowest BCUT2D eigenvalue weighted by Crippen LogP contribution is -2.09. The van der Waals surface area contributed by atoms with Crippen molar-refractivity contribution >= 4 is 17.3 Å². The van der Waals surface area contributed by atoms with Crippen LogP contribution in [0.25, 0.3) is 0 Å². The first-order valence-corrected chi connectivity index (χ1v) is 8.48. The second-order valence-electron chi connectivity index (χ2n) is 6.05. The zero-order valence-electron chi connectivity index (χ0n) is 14.7. The van der Waals surface area contributed by atoms with Crippen LogP contribution in [0.5, 0.6) is 0 Å². The van der Waals surface area contributed by atoms with Crippen molar-refractivity contribution in [3.05, 3.63) is 77.6 Å². The van der Waals surface area contributed by atoms with Crippen LogP contribution in [-0.2, 0) is 12.6 Å². The van der Waals surface area contributed by atoms with Crippen molar-refractivity contribution < 1.29 is 13.2 Å². The summed E-state index contributed by atoms with van der Waals surface area (Å²) in [5.74, 6) is 1.58. The van der Waals surface area contributed by atoms with E-state index in [1.54, 1.807) is 19.1 Å². The molecule has 140 valence electrons. The van der Waals surface area contributed by atoms with Gasteiger partial charge in [-0.15, -0.1) is 0 Å². The van der Waals surface area contributed by atoms with E-state index in [4.69, 9.17) is 0 Å². The molecule has 0 saturated heterocycles. The highest BCUT2D eigenvalue weighted by Gasteiger charge is 2.30. The van der Waals surface area contributed by atoms with E-state index in [0.717, 1.165) is 18.6 Å². The second-order valence-corrected chi connectivity index (χ2v) is 6.05. The molecule has 4 nitrogen and oxygen atoms in total. The lowest BCUT2D eigenvalue weighted by atomic mass is 10.1. The van der Waals surface area contributed by atoms with Gasteiger partial charge >= 0.3 is 6.18 Å². The molecule has 0 aliphatic rings. The molecule has 0 atom stereocenters. The number of hydrogen-bond acceptors (Lipinski definition) is 4. The molecule has 2 aromatic carbocycles. The molecular formula is C20H19F3N4. The van der Waals surface area contributed by atoms with Crippen molar-refractivity contribution in [1.82, 2.24) is 9.97 Å². The minimum absolute atomic E-state index is 0.318. The quantitative estimate of drug-likeness (QED) is 0.624. The second kappa shape index (κ2) is 8.07. The van der Waals surface area contributed by atoms with E-state index in [1.807, 2.05) is 30.3 Å². The Bertz CT molecular complexity index is 895. The molecule has 0 aliphatic heterocycles. The van der Waals surface area contributed by atoms with Gasteiger partial charge in [-0.3, -0.25) is 0 Å². The summed E-state index contributed by atoms with van der Waals surface area (Å²) in [5.41, 5.74) is 0.816. The summed E-state index contributed by atoms with van der Waals surface area (Å²) in [7, 11) is 0. The number of aromatic nitrogens is 2. The number of halogens is 3. The predicted octanol–water partition coefficient (Wildman–Crippen LogP) is 5.20. The number of aryl methyl sites for hydroxylation is 1. The van der Waals surface area contributed by atoms with Crippen LogP contribution in [0, 0.1) is 6.92 Å². The van der Waals surface area contributed by atoms with Crippen molar-refractivity contribution in [2.75, 3.05) is 17.2 Å². The van der Waals surface area contributed by atoms with Crippen LogP contribution in [0.3, 0.4) is 0 Å². The molecule has 0 fully saturated rings. The lowest BCUT2D eigenvalue weighted by Gasteiger charge is -2.12. The molecule has 3 rings (SSSR count). The van der Waals surface area contributed by atoms with Gasteiger partial charge in [0.05, 0.1) is 5.56 Å². The maximum Gasteiger partial charge on any atom is 0.416 e. The Balaban J connectivity index is 1.68. The van der Waals surface area contributed by atoms with Gasteiger partial charge in [0.2, 0.25) is 0 Å². The van der Waals surface area contributed by atoms with Gasteiger partial charge in [0.25, 0.3) is 0 Å². The smallest absolute Gasteiger partial charge is 0.370 e. The molecule has 7 heteroatoms. The van der Waals surface area contributed by atoms with Crippen LogP contribution in [0.1, 0.15) is 17.0 Å². The van der Waals surface area contributed by atoms with E-state index in [0.29, 0.717) is 29.7 Å². The molecule has 0 unspecified atom stereocenters. The topological polar surface area (TPSA) is 49.8 Å². The minimum atomic E-state index is -4.39. The van der Waals surface area contributed by atoms with E-state index in [-0.39, 0.29) is 0 Å². The molecule has 0 spiro atoms. The van der Waals surface area contributed by atoms with Gasteiger partial charge in [-0.1, -0.05) is 36.4 Å². The highest BCUT2D eigenvalue weighted by Crippen LogP contribution is 2.31.